The predicted octanol–water partition coefficient (Wildman–Crippen LogP) is 4.57. The Morgan fingerprint density at radius 3 is 2.40 bits per heavy atom. The highest BCUT2D eigenvalue weighted by Gasteiger charge is 2.35. The van der Waals surface area contributed by atoms with Gasteiger partial charge < -0.3 is 0 Å². The molecule has 0 bridgehead atoms. The van der Waals surface area contributed by atoms with Crippen LogP contribution in [0.3, 0.4) is 0 Å². The Morgan fingerprint density at radius 2 is 1.88 bits per heavy atom. The molecule has 0 amide bonds. The van der Waals surface area contributed by atoms with Crippen molar-refractivity contribution in [2.45, 2.75) is 29.2 Å². The molecule has 0 aliphatic heterocycles. The van der Waals surface area contributed by atoms with Gasteiger partial charge in [-0.2, -0.15) is 18.4 Å². The Bertz CT molecular complexity index is 894. The lowest BCUT2D eigenvalue weighted by Gasteiger charge is -2.18. The molecular formula is C16H12ClF3N2O2S. The van der Waals surface area contributed by atoms with Crippen LogP contribution in [-0.2, 0) is 16.0 Å². The summed E-state index contributed by atoms with van der Waals surface area (Å²) in [6.45, 7) is 0. The Morgan fingerprint density at radius 1 is 1.24 bits per heavy atom. The van der Waals surface area contributed by atoms with Crippen LogP contribution < -0.4 is 0 Å². The van der Waals surface area contributed by atoms with Crippen molar-refractivity contribution in [3.05, 3.63) is 58.9 Å². The van der Waals surface area contributed by atoms with Crippen LogP contribution in [0.4, 0.5) is 13.2 Å². The maximum atomic E-state index is 12.8. The molecule has 2 aromatic rings. The van der Waals surface area contributed by atoms with Gasteiger partial charge in [-0.05, 0) is 24.6 Å². The second kappa shape index (κ2) is 7.42. The van der Waals surface area contributed by atoms with Crippen LogP contribution in [0.1, 0.15) is 29.3 Å². The molecule has 1 unspecified atom stereocenters. The van der Waals surface area contributed by atoms with E-state index in [0.29, 0.717) is 12.3 Å². The lowest BCUT2D eigenvalue weighted by Crippen LogP contribution is -2.17. The fraction of sp³-hybridized carbons (Fsp3) is 0.250. The molecule has 0 aliphatic carbocycles. The summed E-state index contributed by atoms with van der Waals surface area (Å²) in [4.78, 5) is 3.63. The van der Waals surface area contributed by atoms with Crippen LogP contribution in [-0.4, -0.2) is 13.4 Å². The van der Waals surface area contributed by atoms with Gasteiger partial charge in [-0.1, -0.05) is 29.8 Å². The third-order valence-corrected chi connectivity index (χ3v) is 5.91. The highest BCUT2D eigenvalue weighted by atomic mass is 35.5. The average molecular weight is 389 g/mol. The summed E-state index contributed by atoms with van der Waals surface area (Å²) in [7, 11) is -3.98. The summed E-state index contributed by atoms with van der Waals surface area (Å²) < 4.78 is 63.9. The van der Waals surface area contributed by atoms with Gasteiger partial charge in [0.15, 0.2) is 9.84 Å². The number of alkyl halides is 3. The summed E-state index contributed by atoms with van der Waals surface area (Å²) in [6, 6.07) is 9.89. The monoisotopic (exact) mass is 388 g/mol. The minimum atomic E-state index is -4.64. The van der Waals surface area contributed by atoms with Crippen molar-refractivity contribution >= 4 is 21.4 Å². The Kier molecular flexibility index (Phi) is 5.70. The SMILES string of the molecule is N#CCCC(c1ncc(C(F)(F)F)cc1Cl)S(=O)(=O)c1ccccc1. The molecule has 0 saturated carbocycles. The fourth-order valence-corrected chi connectivity index (χ4v) is 4.39. The fourth-order valence-electron chi connectivity index (χ4n) is 2.25. The maximum Gasteiger partial charge on any atom is 0.417 e. The van der Waals surface area contributed by atoms with E-state index in [1.165, 1.54) is 24.3 Å². The lowest BCUT2D eigenvalue weighted by atomic mass is 10.1. The van der Waals surface area contributed by atoms with Crippen LogP contribution in [0.2, 0.25) is 5.02 Å². The minimum Gasteiger partial charge on any atom is -0.258 e. The molecule has 25 heavy (non-hydrogen) atoms. The smallest absolute Gasteiger partial charge is 0.258 e. The summed E-state index contributed by atoms with van der Waals surface area (Å²) >= 11 is 5.89. The van der Waals surface area contributed by atoms with E-state index >= 15 is 0 Å². The molecule has 2 rings (SSSR count). The van der Waals surface area contributed by atoms with Crippen LogP contribution in [0.25, 0.3) is 0 Å². The predicted molar refractivity (Wildman–Crippen MR) is 85.5 cm³/mol. The van der Waals surface area contributed by atoms with Gasteiger partial charge in [0.25, 0.3) is 0 Å². The largest absolute Gasteiger partial charge is 0.417 e. The standard InChI is InChI=1S/C16H12ClF3N2O2S/c17-13-9-11(16(18,19)20)10-22-15(13)14(7-4-8-21)25(23,24)12-5-2-1-3-6-12/h1-3,5-6,9-10,14H,4,7H2. The summed E-state index contributed by atoms with van der Waals surface area (Å²) in [5, 5.41) is 7.05. The Balaban J connectivity index is 2.54. The number of halogens is 4. The normalized spacial score (nSPS) is 13.2. The maximum absolute atomic E-state index is 12.8. The second-order valence-corrected chi connectivity index (χ2v) is 7.67. The van der Waals surface area contributed by atoms with Crippen molar-refractivity contribution in [2.75, 3.05) is 0 Å². The zero-order chi connectivity index (χ0) is 18.7. The van der Waals surface area contributed by atoms with Crippen molar-refractivity contribution in [3.63, 3.8) is 0 Å². The molecule has 1 aromatic heterocycles. The first-order valence-corrected chi connectivity index (χ1v) is 8.99. The molecule has 0 N–H and O–H groups in total. The van der Waals surface area contributed by atoms with E-state index < -0.39 is 31.8 Å². The van der Waals surface area contributed by atoms with E-state index in [0.717, 1.165) is 0 Å². The zero-order valence-electron chi connectivity index (χ0n) is 12.7. The van der Waals surface area contributed by atoms with Crippen LogP contribution in [0, 0.1) is 11.3 Å². The topological polar surface area (TPSA) is 70.8 Å². The van der Waals surface area contributed by atoms with E-state index in [2.05, 4.69) is 4.98 Å². The number of aromatic nitrogens is 1. The first kappa shape index (κ1) is 19.2. The number of nitrogens with zero attached hydrogens (tertiary/aromatic N) is 2. The third kappa shape index (κ3) is 4.30. The molecule has 1 aromatic carbocycles. The summed E-state index contributed by atoms with van der Waals surface area (Å²) in [5.41, 5.74) is -1.27. The van der Waals surface area contributed by atoms with E-state index in [9.17, 15) is 21.6 Å². The van der Waals surface area contributed by atoms with Crippen molar-refractivity contribution in [1.29, 1.82) is 5.26 Å². The first-order chi connectivity index (χ1) is 11.7. The van der Waals surface area contributed by atoms with Gasteiger partial charge in [0.1, 0.15) is 5.25 Å². The lowest BCUT2D eigenvalue weighted by molar-refractivity contribution is -0.137. The first-order valence-electron chi connectivity index (χ1n) is 7.06. The van der Waals surface area contributed by atoms with Crippen molar-refractivity contribution < 1.29 is 21.6 Å². The van der Waals surface area contributed by atoms with E-state index in [1.807, 2.05) is 6.07 Å². The van der Waals surface area contributed by atoms with E-state index in [4.69, 9.17) is 16.9 Å². The van der Waals surface area contributed by atoms with E-state index in [-0.39, 0.29) is 23.4 Å². The highest BCUT2D eigenvalue weighted by molar-refractivity contribution is 7.91. The van der Waals surface area contributed by atoms with Gasteiger partial charge in [-0.15, -0.1) is 0 Å². The highest BCUT2D eigenvalue weighted by Crippen LogP contribution is 2.38. The van der Waals surface area contributed by atoms with Crippen molar-refractivity contribution in [1.82, 2.24) is 4.98 Å². The molecule has 1 atom stereocenters. The Hall–Kier alpha value is -2.11. The molecule has 0 spiro atoms. The van der Waals surface area contributed by atoms with Gasteiger partial charge >= 0.3 is 6.18 Å². The van der Waals surface area contributed by atoms with Crippen LogP contribution in [0.15, 0.2) is 47.5 Å². The quantitative estimate of drug-likeness (QED) is 0.752. The van der Waals surface area contributed by atoms with Gasteiger partial charge in [0.2, 0.25) is 0 Å². The number of pyridine rings is 1. The van der Waals surface area contributed by atoms with Gasteiger partial charge in [0, 0.05) is 12.6 Å². The van der Waals surface area contributed by atoms with E-state index in [1.54, 1.807) is 6.07 Å². The Labute approximate surface area is 147 Å². The molecule has 132 valence electrons. The molecule has 9 heteroatoms. The van der Waals surface area contributed by atoms with Gasteiger partial charge in [-0.3, -0.25) is 4.98 Å². The van der Waals surface area contributed by atoms with Crippen LogP contribution in [0.5, 0.6) is 0 Å². The van der Waals surface area contributed by atoms with Crippen molar-refractivity contribution in [3.8, 4) is 6.07 Å². The summed E-state index contributed by atoms with van der Waals surface area (Å²) in [6.07, 6.45) is -4.35. The molecule has 0 saturated heterocycles. The number of sulfone groups is 1. The minimum absolute atomic E-state index is 0.0179. The summed E-state index contributed by atoms with van der Waals surface area (Å²) in [5.74, 6) is 0. The molecular weight excluding hydrogens is 377 g/mol. The third-order valence-electron chi connectivity index (χ3n) is 3.47. The number of nitriles is 1. The van der Waals surface area contributed by atoms with Gasteiger partial charge in [0.05, 0.1) is 27.2 Å². The van der Waals surface area contributed by atoms with Crippen molar-refractivity contribution in [2.24, 2.45) is 0 Å². The molecule has 0 radical (unpaired) electrons. The second-order valence-electron chi connectivity index (χ2n) is 5.13. The number of hydrogen-bond acceptors (Lipinski definition) is 4. The number of rotatable bonds is 5. The molecule has 1 heterocycles. The number of hydrogen-bond donors (Lipinski definition) is 0. The van der Waals surface area contributed by atoms with Gasteiger partial charge in [-0.25, -0.2) is 8.42 Å². The molecule has 0 aliphatic rings. The molecule has 0 fully saturated rings. The van der Waals surface area contributed by atoms with Crippen LogP contribution >= 0.6 is 11.6 Å². The zero-order valence-corrected chi connectivity index (χ0v) is 14.2. The molecule has 4 nitrogen and oxygen atoms in total. The number of benzene rings is 1. The average Bonchev–Trinajstić information content (AvgIpc) is 2.56.